The first-order valence-corrected chi connectivity index (χ1v) is 8.98. The Kier molecular flexibility index (Phi) is 4.01. The standard InChI is InChI=1S/C18H19ClN2OS/c1-20-17-8-7-15(19)13-16(17)18(23-20,14-5-3-2-4-6-14)21-9-11-22-12-10-21/h2-8,13H,9-12H2,1H3. The number of morpholine rings is 1. The summed E-state index contributed by atoms with van der Waals surface area (Å²) < 4.78 is 7.85. The summed E-state index contributed by atoms with van der Waals surface area (Å²) in [5, 5.41) is 0.785. The molecule has 23 heavy (non-hydrogen) atoms. The van der Waals surface area contributed by atoms with Crippen molar-refractivity contribution in [2.45, 2.75) is 4.87 Å². The molecule has 2 aliphatic heterocycles. The minimum absolute atomic E-state index is 0.236. The van der Waals surface area contributed by atoms with E-state index in [1.807, 2.05) is 18.0 Å². The van der Waals surface area contributed by atoms with Gasteiger partial charge in [0.15, 0.2) is 0 Å². The fraction of sp³-hybridized carbons (Fsp3) is 0.333. The molecule has 0 radical (unpaired) electrons. The molecule has 0 aliphatic carbocycles. The molecule has 2 aromatic carbocycles. The minimum atomic E-state index is -0.236. The third-order valence-electron chi connectivity index (χ3n) is 4.55. The third kappa shape index (κ3) is 2.45. The van der Waals surface area contributed by atoms with Crippen LogP contribution in [0.4, 0.5) is 5.69 Å². The van der Waals surface area contributed by atoms with Crippen molar-refractivity contribution in [1.29, 1.82) is 0 Å². The number of rotatable bonds is 2. The maximum absolute atomic E-state index is 6.35. The van der Waals surface area contributed by atoms with Crippen LogP contribution in [0.1, 0.15) is 11.1 Å². The molecule has 0 saturated carbocycles. The number of fused-ring (bicyclic) bond motifs is 1. The van der Waals surface area contributed by atoms with E-state index < -0.39 is 0 Å². The molecule has 3 nitrogen and oxygen atoms in total. The van der Waals surface area contributed by atoms with Crippen LogP contribution >= 0.6 is 23.5 Å². The Labute approximate surface area is 146 Å². The highest BCUT2D eigenvalue weighted by molar-refractivity contribution is 8.02. The zero-order valence-electron chi connectivity index (χ0n) is 13.0. The second-order valence-electron chi connectivity index (χ2n) is 5.86. The van der Waals surface area contributed by atoms with Gasteiger partial charge in [-0.05, 0) is 35.7 Å². The van der Waals surface area contributed by atoms with Gasteiger partial charge in [-0.1, -0.05) is 41.9 Å². The number of ether oxygens (including phenoxy) is 1. The Balaban J connectivity index is 1.93. The van der Waals surface area contributed by atoms with E-state index in [0.29, 0.717) is 0 Å². The van der Waals surface area contributed by atoms with Crippen LogP contribution < -0.4 is 4.31 Å². The zero-order valence-corrected chi connectivity index (χ0v) is 14.6. The molecule has 1 saturated heterocycles. The molecule has 0 amide bonds. The maximum atomic E-state index is 6.35. The van der Waals surface area contributed by atoms with Gasteiger partial charge in [0.25, 0.3) is 0 Å². The zero-order chi connectivity index (χ0) is 15.9. The summed E-state index contributed by atoms with van der Waals surface area (Å²) in [6, 6.07) is 16.9. The molecular formula is C18H19ClN2OS. The highest BCUT2D eigenvalue weighted by Crippen LogP contribution is 2.57. The first-order valence-electron chi connectivity index (χ1n) is 7.83. The van der Waals surface area contributed by atoms with Crippen molar-refractivity contribution in [3.8, 4) is 0 Å². The van der Waals surface area contributed by atoms with Crippen molar-refractivity contribution >= 4 is 29.2 Å². The van der Waals surface area contributed by atoms with Gasteiger partial charge in [-0.3, -0.25) is 4.90 Å². The van der Waals surface area contributed by atoms with Crippen LogP contribution in [-0.2, 0) is 9.61 Å². The Hall–Kier alpha value is -1.20. The van der Waals surface area contributed by atoms with Crippen LogP contribution in [0.5, 0.6) is 0 Å². The van der Waals surface area contributed by atoms with Gasteiger partial charge in [-0.2, -0.15) is 0 Å². The van der Waals surface area contributed by atoms with E-state index in [1.54, 1.807) is 0 Å². The normalized spacial score (nSPS) is 24.7. The van der Waals surface area contributed by atoms with E-state index in [-0.39, 0.29) is 4.87 Å². The Morgan fingerprint density at radius 2 is 1.83 bits per heavy atom. The van der Waals surface area contributed by atoms with E-state index in [2.05, 4.69) is 58.7 Å². The highest BCUT2D eigenvalue weighted by atomic mass is 35.5. The number of hydrogen-bond acceptors (Lipinski definition) is 4. The molecule has 1 atom stereocenters. The summed E-state index contributed by atoms with van der Waals surface area (Å²) in [6.07, 6.45) is 0. The topological polar surface area (TPSA) is 15.7 Å². The predicted octanol–water partition coefficient (Wildman–Crippen LogP) is 3.97. The van der Waals surface area contributed by atoms with Gasteiger partial charge in [-0.25, -0.2) is 0 Å². The van der Waals surface area contributed by atoms with Crippen LogP contribution in [0.25, 0.3) is 0 Å². The van der Waals surface area contributed by atoms with Crippen LogP contribution in [0.3, 0.4) is 0 Å². The number of nitrogens with zero attached hydrogens (tertiary/aromatic N) is 2. The smallest absolute Gasteiger partial charge is 0.140 e. The second-order valence-corrected chi connectivity index (χ2v) is 7.62. The van der Waals surface area contributed by atoms with Crippen LogP contribution in [0, 0.1) is 0 Å². The van der Waals surface area contributed by atoms with E-state index in [4.69, 9.17) is 16.3 Å². The first-order chi connectivity index (χ1) is 11.2. The molecule has 2 heterocycles. The van der Waals surface area contributed by atoms with Gasteiger partial charge in [-0.15, -0.1) is 0 Å². The Morgan fingerprint density at radius 1 is 1.09 bits per heavy atom. The van der Waals surface area contributed by atoms with Crippen molar-refractivity contribution < 1.29 is 4.74 Å². The molecule has 1 unspecified atom stereocenters. The lowest BCUT2D eigenvalue weighted by molar-refractivity contribution is 0.0163. The summed E-state index contributed by atoms with van der Waals surface area (Å²) in [5.41, 5.74) is 3.79. The summed E-state index contributed by atoms with van der Waals surface area (Å²) in [5.74, 6) is 0. The van der Waals surface area contributed by atoms with Crippen LogP contribution in [0.2, 0.25) is 5.02 Å². The van der Waals surface area contributed by atoms with Gasteiger partial charge in [0, 0.05) is 30.7 Å². The lowest BCUT2D eigenvalue weighted by atomic mass is 9.94. The molecule has 0 aromatic heterocycles. The van der Waals surface area contributed by atoms with Crippen molar-refractivity contribution in [1.82, 2.24) is 4.90 Å². The molecule has 0 spiro atoms. The lowest BCUT2D eigenvalue weighted by Gasteiger charge is -2.43. The number of benzene rings is 2. The van der Waals surface area contributed by atoms with Crippen molar-refractivity contribution in [2.75, 3.05) is 37.7 Å². The molecule has 0 bridgehead atoms. The summed E-state index contributed by atoms with van der Waals surface area (Å²) in [7, 11) is 2.13. The summed E-state index contributed by atoms with van der Waals surface area (Å²) in [4.78, 5) is 2.29. The highest BCUT2D eigenvalue weighted by Gasteiger charge is 2.49. The molecule has 0 N–H and O–H groups in total. The summed E-state index contributed by atoms with van der Waals surface area (Å²) in [6.45, 7) is 3.38. The Bertz CT molecular complexity index is 705. The van der Waals surface area contributed by atoms with Crippen LogP contribution in [0.15, 0.2) is 48.5 Å². The average Bonchev–Trinajstić information content (AvgIpc) is 2.90. The van der Waals surface area contributed by atoms with Gasteiger partial charge in [0.05, 0.1) is 18.9 Å². The minimum Gasteiger partial charge on any atom is -0.379 e. The monoisotopic (exact) mass is 346 g/mol. The SMILES string of the molecule is CN1SC(c2ccccc2)(N2CCOCC2)c2cc(Cl)ccc21. The van der Waals surface area contributed by atoms with E-state index in [0.717, 1.165) is 31.3 Å². The number of anilines is 1. The van der Waals surface area contributed by atoms with Gasteiger partial charge in [0.1, 0.15) is 4.87 Å². The largest absolute Gasteiger partial charge is 0.379 e. The molecule has 2 aromatic rings. The molecular weight excluding hydrogens is 328 g/mol. The quantitative estimate of drug-likeness (QED) is 0.764. The lowest BCUT2D eigenvalue weighted by Crippen LogP contribution is -2.49. The summed E-state index contributed by atoms with van der Waals surface area (Å²) >= 11 is 8.21. The average molecular weight is 347 g/mol. The van der Waals surface area contributed by atoms with Crippen molar-refractivity contribution in [3.05, 3.63) is 64.7 Å². The predicted molar refractivity (Wildman–Crippen MR) is 97.1 cm³/mol. The van der Waals surface area contributed by atoms with E-state index in [9.17, 15) is 0 Å². The Morgan fingerprint density at radius 3 is 2.57 bits per heavy atom. The fourth-order valence-corrected chi connectivity index (χ4v) is 5.14. The van der Waals surface area contributed by atoms with Gasteiger partial charge >= 0.3 is 0 Å². The second kappa shape index (κ2) is 6.02. The van der Waals surface area contributed by atoms with Gasteiger partial charge < -0.3 is 9.04 Å². The molecule has 5 heteroatoms. The molecule has 1 fully saturated rings. The van der Waals surface area contributed by atoms with Crippen molar-refractivity contribution in [2.24, 2.45) is 0 Å². The number of hydrogen-bond donors (Lipinski definition) is 0. The van der Waals surface area contributed by atoms with Crippen LogP contribution in [-0.4, -0.2) is 38.3 Å². The molecule has 4 rings (SSSR count). The molecule has 120 valence electrons. The first kappa shape index (κ1) is 15.3. The fourth-order valence-electron chi connectivity index (χ4n) is 3.51. The third-order valence-corrected chi connectivity index (χ3v) is 6.24. The molecule has 2 aliphatic rings. The maximum Gasteiger partial charge on any atom is 0.140 e. The number of halogens is 1. The van der Waals surface area contributed by atoms with Crippen molar-refractivity contribution in [3.63, 3.8) is 0 Å². The van der Waals surface area contributed by atoms with Gasteiger partial charge in [0.2, 0.25) is 0 Å². The van der Waals surface area contributed by atoms with E-state index >= 15 is 0 Å². The van der Waals surface area contributed by atoms with E-state index in [1.165, 1.54) is 16.8 Å².